The van der Waals surface area contributed by atoms with Crippen molar-refractivity contribution < 1.29 is 27.5 Å². The van der Waals surface area contributed by atoms with E-state index in [9.17, 15) is 19.7 Å². The highest BCUT2D eigenvalue weighted by atomic mass is 35.7. The van der Waals surface area contributed by atoms with E-state index in [1.165, 1.54) is 24.3 Å². The van der Waals surface area contributed by atoms with Crippen molar-refractivity contribution in [2.45, 2.75) is 0 Å². The smallest absolute Gasteiger partial charge is 0.289 e. The van der Waals surface area contributed by atoms with Crippen LogP contribution in [0, 0.1) is 10.1 Å². The molecule has 24 heavy (non-hydrogen) atoms. The number of carbonyl (C=O) groups is 2. The fourth-order valence-corrected chi connectivity index (χ4v) is 2.28. The Bertz CT molecular complexity index is 961. The van der Waals surface area contributed by atoms with Crippen LogP contribution in [-0.2, 0) is 9.33 Å². The number of rotatable bonds is 1. The summed E-state index contributed by atoms with van der Waals surface area (Å²) in [6.45, 7) is 0. The molecule has 8 nitrogen and oxygen atoms in total. The molecule has 0 atom stereocenters. The molecule has 1 aliphatic rings. The number of hydrogen-bond donors (Lipinski definition) is 1. The van der Waals surface area contributed by atoms with Gasteiger partial charge in [0, 0.05) is 33.4 Å². The third kappa shape index (κ3) is 3.65. The lowest BCUT2D eigenvalue weighted by Crippen LogP contribution is -2.21. The number of halogens is 1. The summed E-state index contributed by atoms with van der Waals surface area (Å²) in [4.78, 5) is 34.9. The molecule has 1 aliphatic carbocycles. The molecule has 0 aromatic heterocycles. The molecule has 0 amide bonds. The van der Waals surface area contributed by atoms with E-state index in [4.69, 9.17) is 13.0 Å². The van der Waals surface area contributed by atoms with Crippen molar-refractivity contribution in [3.8, 4) is 0 Å². The van der Waals surface area contributed by atoms with Gasteiger partial charge < -0.3 is 0 Å². The lowest BCUT2D eigenvalue weighted by molar-refractivity contribution is -0.385. The third-order valence-corrected chi connectivity index (χ3v) is 3.13. The number of fused-ring (bicyclic) bond motifs is 2. The second-order valence-electron chi connectivity index (χ2n) is 4.57. The SMILES string of the molecule is O=C1c2ccccc2C(=O)c2c1cccc2[N+](=O)[O-].O=S(=O)(O)Cl. The Labute approximate surface area is 140 Å². The van der Waals surface area contributed by atoms with Crippen LogP contribution in [-0.4, -0.2) is 29.5 Å². The van der Waals surface area contributed by atoms with E-state index < -0.39 is 20.0 Å². The molecule has 0 radical (unpaired) electrons. The average molecular weight is 370 g/mol. The van der Waals surface area contributed by atoms with Gasteiger partial charge in [-0.25, -0.2) is 0 Å². The summed E-state index contributed by atoms with van der Waals surface area (Å²) in [5.41, 5.74) is 0.161. The molecule has 2 aromatic rings. The molecule has 3 rings (SSSR count). The first-order valence-corrected chi connectivity index (χ1v) is 8.50. The number of hydrogen-bond acceptors (Lipinski definition) is 6. The maximum absolute atomic E-state index is 12.3. The summed E-state index contributed by atoms with van der Waals surface area (Å²) in [6.07, 6.45) is 0. The van der Waals surface area contributed by atoms with E-state index in [2.05, 4.69) is 10.7 Å². The number of nitrogens with zero attached hydrogens (tertiary/aromatic N) is 1. The molecule has 2 aromatic carbocycles. The maximum atomic E-state index is 12.3. The van der Waals surface area contributed by atoms with Gasteiger partial charge in [-0.15, -0.1) is 0 Å². The van der Waals surface area contributed by atoms with Crippen molar-refractivity contribution in [2.24, 2.45) is 0 Å². The van der Waals surface area contributed by atoms with E-state index >= 15 is 0 Å². The summed E-state index contributed by atoms with van der Waals surface area (Å²) in [5, 5.41) is 11.0. The lowest BCUT2D eigenvalue weighted by atomic mass is 9.83. The van der Waals surface area contributed by atoms with Crippen LogP contribution in [0.25, 0.3) is 0 Å². The van der Waals surface area contributed by atoms with E-state index in [1.807, 2.05) is 0 Å². The van der Waals surface area contributed by atoms with Gasteiger partial charge in [-0.3, -0.25) is 24.3 Å². The minimum absolute atomic E-state index is 0.0953. The molecule has 0 spiro atoms. The van der Waals surface area contributed by atoms with Crippen LogP contribution in [0.3, 0.4) is 0 Å². The van der Waals surface area contributed by atoms with Gasteiger partial charge in [-0.2, -0.15) is 8.42 Å². The zero-order valence-corrected chi connectivity index (χ0v) is 13.2. The molecule has 0 saturated heterocycles. The van der Waals surface area contributed by atoms with Crippen LogP contribution in [0.4, 0.5) is 5.69 Å². The van der Waals surface area contributed by atoms with Crippen LogP contribution in [0.2, 0.25) is 0 Å². The zero-order valence-electron chi connectivity index (χ0n) is 11.7. The van der Waals surface area contributed by atoms with Gasteiger partial charge in [0.2, 0.25) is 5.78 Å². The van der Waals surface area contributed by atoms with E-state index in [1.54, 1.807) is 18.2 Å². The topological polar surface area (TPSA) is 132 Å². The van der Waals surface area contributed by atoms with Crippen LogP contribution in [0.1, 0.15) is 31.8 Å². The molecule has 0 saturated carbocycles. The molecule has 0 fully saturated rings. The fraction of sp³-hybridized carbons (Fsp3) is 0. The van der Waals surface area contributed by atoms with Crippen LogP contribution in [0.15, 0.2) is 42.5 Å². The van der Waals surface area contributed by atoms with Crippen LogP contribution >= 0.6 is 10.7 Å². The van der Waals surface area contributed by atoms with Crippen molar-refractivity contribution in [3.63, 3.8) is 0 Å². The first-order chi connectivity index (χ1) is 11.1. The summed E-state index contributed by atoms with van der Waals surface area (Å²) in [5.74, 6) is -0.827. The quantitative estimate of drug-likeness (QED) is 0.301. The van der Waals surface area contributed by atoms with Crippen molar-refractivity contribution in [1.82, 2.24) is 0 Å². The lowest BCUT2D eigenvalue weighted by Gasteiger charge is -2.16. The van der Waals surface area contributed by atoms with Crippen LogP contribution < -0.4 is 0 Å². The molecule has 0 unspecified atom stereocenters. The number of benzene rings is 2. The maximum Gasteiger partial charge on any atom is 0.353 e. The van der Waals surface area contributed by atoms with Crippen molar-refractivity contribution in [2.75, 3.05) is 0 Å². The average Bonchev–Trinajstić information content (AvgIpc) is 2.50. The van der Waals surface area contributed by atoms with Gasteiger partial charge in [0.1, 0.15) is 5.56 Å². The largest absolute Gasteiger partial charge is 0.353 e. The Morgan fingerprint density at radius 3 is 1.88 bits per heavy atom. The Hall–Kier alpha value is -2.62. The fourth-order valence-electron chi connectivity index (χ4n) is 2.28. The minimum Gasteiger partial charge on any atom is -0.289 e. The van der Waals surface area contributed by atoms with E-state index in [0.717, 1.165) is 0 Å². The number of nitro benzene ring substituents is 1. The molecule has 1 N–H and O–H groups in total. The highest BCUT2D eigenvalue weighted by Gasteiger charge is 2.34. The van der Waals surface area contributed by atoms with Crippen LogP contribution in [0.5, 0.6) is 0 Å². The first-order valence-electron chi connectivity index (χ1n) is 6.24. The van der Waals surface area contributed by atoms with Crippen molar-refractivity contribution >= 4 is 37.3 Å². The second-order valence-corrected chi connectivity index (χ2v) is 6.57. The molecular formula is C14H8ClNO7S. The molecule has 0 heterocycles. The van der Waals surface area contributed by atoms with Gasteiger partial charge in [0.05, 0.1) is 4.92 Å². The second kappa shape index (κ2) is 6.48. The Morgan fingerprint density at radius 2 is 1.38 bits per heavy atom. The summed E-state index contributed by atoms with van der Waals surface area (Å²) >= 11 is 0. The standard InChI is InChI=1S/C14H7NO4.ClHO3S/c16-13-8-4-1-2-5-9(8)14(17)12-10(13)6-3-7-11(12)15(18)19;1-5(2,3)4/h1-7H;(H,2,3,4). The zero-order chi connectivity index (χ0) is 18.1. The van der Waals surface area contributed by atoms with Gasteiger partial charge in [0.25, 0.3) is 5.69 Å². The van der Waals surface area contributed by atoms with Gasteiger partial charge in [-0.1, -0.05) is 30.3 Å². The Balaban J connectivity index is 0.000000368. The number of ketones is 2. The predicted molar refractivity (Wildman–Crippen MR) is 83.8 cm³/mol. The summed E-state index contributed by atoms with van der Waals surface area (Å²) in [7, 11) is -0.137. The predicted octanol–water partition coefficient (Wildman–Crippen LogP) is 2.40. The molecular weight excluding hydrogens is 362 g/mol. The molecule has 10 heteroatoms. The van der Waals surface area contributed by atoms with Gasteiger partial charge in [0.15, 0.2) is 5.78 Å². The Morgan fingerprint density at radius 1 is 0.917 bits per heavy atom. The highest BCUT2D eigenvalue weighted by molar-refractivity contribution is 8.09. The normalized spacial score (nSPS) is 12.6. The van der Waals surface area contributed by atoms with Crippen molar-refractivity contribution in [3.05, 3.63) is 74.8 Å². The summed E-state index contributed by atoms with van der Waals surface area (Å²) < 4.78 is 25.2. The Kier molecular flexibility index (Phi) is 4.78. The monoisotopic (exact) mass is 369 g/mol. The van der Waals surface area contributed by atoms with Crippen molar-refractivity contribution in [1.29, 1.82) is 0 Å². The van der Waals surface area contributed by atoms with E-state index in [0.29, 0.717) is 5.56 Å². The summed E-state index contributed by atoms with van der Waals surface area (Å²) in [6, 6.07) is 10.4. The third-order valence-electron chi connectivity index (χ3n) is 3.13. The van der Waals surface area contributed by atoms with Gasteiger partial charge >= 0.3 is 9.33 Å². The highest BCUT2D eigenvalue weighted by Crippen LogP contribution is 2.32. The molecule has 124 valence electrons. The molecule has 0 bridgehead atoms. The molecule has 0 aliphatic heterocycles. The first kappa shape index (κ1) is 17.7. The van der Waals surface area contributed by atoms with Gasteiger partial charge in [-0.05, 0) is 6.07 Å². The van der Waals surface area contributed by atoms with E-state index in [-0.39, 0.29) is 28.2 Å². The number of nitro groups is 1. The minimum atomic E-state index is -4.19. The number of carbonyl (C=O) groups excluding carboxylic acids is 2.